The van der Waals surface area contributed by atoms with E-state index in [-0.39, 0.29) is 11.9 Å². The van der Waals surface area contributed by atoms with Crippen LogP contribution in [0.4, 0.5) is 4.39 Å². The Morgan fingerprint density at radius 3 is 3.08 bits per heavy atom. The highest BCUT2D eigenvalue weighted by Crippen LogP contribution is 2.35. The molecule has 0 saturated carbocycles. The first-order valence-corrected chi connectivity index (χ1v) is 4.35. The maximum atomic E-state index is 13.1. The first kappa shape index (κ1) is 8.01. The van der Waals surface area contributed by atoms with Crippen LogP contribution in [0.1, 0.15) is 11.6 Å². The predicted molar refractivity (Wildman–Crippen MR) is 46.5 cm³/mol. The summed E-state index contributed by atoms with van der Waals surface area (Å²) >= 11 is 3.19. The van der Waals surface area contributed by atoms with E-state index < -0.39 is 0 Å². The Hall–Kier alpha value is -0.610. The van der Waals surface area contributed by atoms with Gasteiger partial charge in [0.2, 0.25) is 0 Å². The topological polar surface area (TPSA) is 35.2 Å². The van der Waals surface area contributed by atoms with Gasteiger partial charge in [-0.15, -0.1) is 0 Å². The van der Waals surface area contributed by atoms with E-state index in [0.29, 0.717) is 16.8 Å². The standard InChI is InChI=1S/C8H7BrFNO/c9-4-1-5-7(11)3-12-8(5)6(10)2-4/h1-2,7H,3,11H2. The summed E-state index contributed by atoms with van der Waals surface area (Å²) in [5, 5.41) is 0. The minimum Gasteiger partial charge on any atom is -0.488 e. The van der Waals surface area contributed by atoms with E-state index in [4.69, 9.17) is 10.5 Å². The van der Waals surface area contributed by atoms with E-state index in [1.54, 1.807) is 6.07 Å². The first-order chi connectivity index (χ1) is 5.68. The van der Waals surface area contributed by atoms with E-state index in [9.17, 15) is 4.39 Å². The van der Waals surface area contributed by atoms with Gasteiger partial charge in [-0.05, 0) is 12.1 Å². The van der Waals surface area contributed by atoms with Crippen LogP contribution in [-0.2, 0) is 0 Å². The average Bonchev–Trinajstić information content (AvgIpc) is 2.33. The molecule has 64 valence electrons. The molecule has 0 amide bonds. The molecule has 0 fully saturated rings. The fraction of sp³-hybridized carbons (Fsp3) is 0.250. The first-order valence-electron chi connectivity index (χ1n) is 3.56. The fourth-order valence-electron chi connectivity index (χ4n) is 1.27. The quantitative estimate of drug-likeness (QED) is 0.742. The van der Waals surface area contributed by atoms with Crippen LogP contribution in [0.25, 0.3) is 0 Å². The second-order valence-electron chi connectivity index (χ2n) is 2.72. The Morgan fingerprint density at radius 2 is 2.33 bits per heavy atom. The van der Waals surface area contributed by atoms with Crippen LogP contribution < -0.4 is 10.5 Å². The Morgan fingerprint density at radius 1 is 1.58 bits per heavy atom. The molecule has 0 spiro atoms. The van der Waals surface area contributed by atoms with E-state index in [2.05, 4.69) is 15.9 Å². The summed E-state index contributed by atoms with van der Waals surface area (Å²) < 4.78 is 18.9. The molecule has 12 heavy (non-hydrogen) atoms. The number of hydrogen-bond donors (Lipinski definition) is 1. The summed E-state index contributed by atoms with van der Waals surface area (Å²) in [7, 11) is 0. The molecule has 1 aliphatic heterocycles. The molecule has 0 radical (unpaired) electrons. The van der Waals surface area contributed by atoms with Crippen molar-refractivity contribution in [2.45, 2.75) is 6.04 Å². The maximum absolute atomic E-state index is 13.1. The summed E-state index contributed by atoms with van der Waals surface area (Å²) in [6.45, 7) is 0.364. The Labute approximate surface area is 77.6 Å². The van der Waals surface area contributed by atoms with Crippen LogP contribution in [0, 0.1) is 5.82 Å². The van der Waals surface area contributed by atoms with Gasteiger partial charge in [0.25, 0.3) is 0 Å². The van der Waals surface area contributed by atoms with Crippen molar-refractivity contribution in [1.29, 1.82) is 0 Å². The third-order valence-corrected chi connectivity index (χ3v) is 2.30. The molecule has 1 heterocycles. The summed E-state index contributed by atoms with van der Waals surface area (Å²) in [4.78, 5) is 0. The SMILES string of the molecule is NC1COc2c(F)cc(Br)cc21. The van der Waals surface area contributed by atoms with Crippen molar-refractivity contribution in [1.82, 2.24) is 0 Å². The lowest BCUT2D eigenvalue weighted by Gasteiger charge is -2.01. The van der Waals surface area contributed by atoms with Crippen molar-refractivity contribution in [3.8, 4) is 5.75 Å². The maximum Gasteiger partial charge on any atom is 0.166 e. The van der Waals surface area contributed by atoms with Crippen molar-refractivity contribution >= 4 is 15.9 Å². The van der Waals surface area contributed by atoms with E-state index >= 15 is 0 Å². The number of benzene rings is 1. The van der Waals surface area contributed by atoms with Gasteiger partial charge in [-0.3, -0.25) is 0 Å². The molecule has 2 nitrogen and oxygen atoms in total. The molecule has 1 aromatic rings. The van der Waals surface area contributed by atoms with Gasteiger partial charge in [-0.1, -0.05) is 15.9 Å². The highest BCUT2D eigenvalue weighted by atomic mass is 79.9. The average molecular weight is 232 g/mol. The Bertz CT molecular complexity index is 329. The molecule has 4 heteroatoms. The van der Waals surface area contributed by atoms with Crippen LogP contribution in [0.5, 0.6) is 5.75 Å². The van der Waals surface area contributed by atoms with Gasteiger partial charge in [0.1, 0.15) is 6.61 Å². The van der Waals surface area contributed by atoms with Crippen LogP contribution >= 0.6 is 15.9 Å². The van der Waals surface area contributed by atoms with Crippen molar-refractivity contribution in [2.75, 3.05) is 6.61 Å². The van der Waals surface area contributed by atoms with Crippen LogP contribution in [0.2, 0.25) is 0 Å². The lowest BCUT2D eigenvalue weighted by atomic mass is 10.1. The predicted octanol–water partition coefficient (Wildman–Crippen LogP) is 1.98. The monoisotopic (exact) mass is 231 g/mol. The lowest BCUT2D eigenvalue weighted by molar-refractivity contribution is 0.319. The molecular weight excluding hydrogens is 225 g/mol. The zero-order chi connectivity index (χ0) is 8.72. The summed E-state index contributed by atoms with van der Waals surface area (Å²) in [5.74, 6) is -0.0574. The lowest BCUT2D eigenvalue weighted by Crippen LogP contribution is -2.10. The smallest absolute Gasteiger partial charge is 0.166 e. The summed E-state index contributed by atoms with van der Waals surface area (Å²) in [6.07, 6.45) is 0. The zero-order valence-electron chi connectivity index (χ0n) is 6.18. The molecule has 0 aliphatic carbocycles. The Kier molecular flexibility index (Phi) is 1.81. The minimum absolute atomic E-state index is 0.202. The molecule has 0 aromatic heterocycles. The Balaban J connectivity index is 2.60. The molecule has 1 unspecified atom stereocenters. The summed E-state index contributed by atoms with van der Waals surface area (Å²) in [6, 6.07) is 2.96. The number of hydrogen-bond acceptors (Lipinski definition) is 2. The third-order valence-electron chi connectivity index (χ3n) is 1.84. The van der Waals surface area contributed by atoms with Crippen LogP contribution in [0.3, 0.4) is 0 Å². The van der Waals surface area contributed by atoms with Crippen LogP contribution in [-0.4, -0.2) is 6.61 Å². The molecule has 2 rings (SSSR count). The minimum atomic E-state index is -0.354. The van der Waals surface area contributed by atoms with Gasteiger partial charge in [-0.2, -0.15) is 0 Å². The zero-order valence-corrected chi connectivity index (χ0v) is 7.77. The number of halogens is 2. The fourth-order valence-corrected chi connectivity index (χ4v) is 1.72. The molecule has 2 N–H and O–H groups in total. The number of ether oxygens (including phenoxy) is 1. The van der Waals surface area contributed by atoms with E-state index in [1.807, 2.05) is 0 Å². The molecule has 1 aromatic carbocycles. The number of rotatable bonds is 0. The van der Waals surface area contributed by atoms with Crippen LogP contribution in [0.15, 0.2) is 16.6 Å². The highest BCUT2D eigenvalue weighted by Gasteiger charge is 2.24. The molecular formula is C8H7BrFNO. The van der Waals surface area contributed by atoms with Gasteiger partial charge in [0.15, 0.2) is 11.6 Å². The molecule has 1 aliphatic rings. The van der Waals surface area contributed by atoms with Gasteiger partial charge >= 0.3 is 0 Å². The van der Waals surface area contributed by atoms with E-state index in [0.717, 1.165) is 5.56 Å². The van der Waals surface area contributed by atoms with Gasteiger partial charge in [-0.25, -0.2) is 4.39 Å². The van der Waals surface area contributed by atoms with E-state index in [1.165, 1.54) is 6.07 Å². The molecule has 0 bridgehead atoms. The second kappa shape index (κ2) is 2.71. The van der Waals surface area contributed by atoms with Gasteiger partial charge in [0.05, 0.1) is 6.04 Å². The van der Waals surface area contributed by atoms with Crippen molar-refractivity contribution < 1.29 is 9.13 Å². The highest BCUT2D eigenvalue weighted by molar-refractivity contribution is 9.10. The largest absolute Gasteiger partial charge is 0.488 e. The number of fused-ring (bicyclic) bond motifs is 1. The van der Waals surface area contributed by atoms with Crippen molar-refractivity contribution in [2.24, 2.45) is 5.73 Å². The second-order valence-corrected chi connectivity index (χ2v) is 3.64. The van der Waals surface area contributed by atoms with Gasteiger partial charge in [0, 0.05) is 10.0 Å². The van der Waals surface area contributed by atoms with Crippen molar-refractivity contribution in [3.63, 3.8) is 0 Å². The molecule has 1 atom stereocenters. The number of nitrogens with two attached hydrogens (primary N) is 1. The summed E-state index contributed by atoms with van der Waals surface area (Å²) in [5.41, 5.74) is 6.41. The normalized spacial score (nSPS) is 20.4. The molecule has 0 saturated heterocycles. The third kappa shape index (κ3) is 1.11. The van der Waals surface area contributed by atoms with Gasteiger partial charge < -0.3 is 10.5 Å². The van der Waals surface area contributed by atoms with Crippen molar-refractivity contribution in [3.05, 3.63) is 28.0 Å².